The summed E-state index contributed by atoms with van der Waals surface area (Å²) in [7, 11) is 0. The molecule has 3 aromatic rings. The summed E-state index contributed by atoms with van der Waals surface area (Å²) in [6.45, 7) is 0. The van der Waals surface area contributed by atoms with Crippen molar-refractivity contribution in [2.24, 2.45) is 0 Å². The number of nitrogens with zero attached hydrogens (tertiary/aromatic N) is 1. The summed E-state index contributed by atoms with van der Waals surface area (Å²) in [6, 6.07) is 20.9. The lowest BCUT2D eigenvalue weighted by Gasteiger charge is -2.00. The minimum Gasteiger partial charge on any atom is -0.342 e. The predicted octanol–water partition coefficient (Wildman–Crippen LogP) is 4.25. The first-order chi connectivity index (χ1) is 9.92. The molecule has 0 fully saturated rings. The maximum absolute atomic E-state index is 4.47. The molecule has 0 aliphatic rings. The zero-order valence-corrected chi connectivity index (χ0v) is 11.4. The fourth-order valence-corrected chi connectivity index (χ4v) is 2.36. The highest BCUT2D eigenvalue weighted by atomic mass is 14.9. The quantitative estimate of drug-likeness (QED) is 0.731. The highest BCUT2D eigenvalue weighted by molar-refractivity contribution is 5.57. The Bertz CT molecular complexity index is 641. The van der Waals surface area contributed by atoms with Crippen molar-refractivity contribution >= 4 is 0 Å². The van der Waals surface area contributed by atoms with Gasteiger partial charge in [-0.05, 0) is 24.0 Å². The van der Waals surface area contributed by atoms with Crippen LogP contribution in [-0.4, -0.2) is 9.97 Å². The smallest absolute Gasteiger partial charge is 0.106 e. The van der Waals surface area contributed by atoms with Gasteiger partial charge in [0.15, 0.2) is 0 Å². The van der Waals surface area contributed by atoms with E-state index in [2.05, 4.69) is 52.4 Å². The minimum atomic E-state index is 0.988. The summed E-state index contributed by atoms with van der Waals surface area (Å²) in [5.41, 5.74) is 3.68. The fourth-order valence-electron chi connectivity index (χ4n) is 2.36. The van der Waals surface area contributed by atoms with Gasteiger partial charge in [-0.25, -0.2) is 4.98 Å². The number of H-pyrrole nitrogens is 1. The van der Waals surface area contributed by atoms with Crippen LogP contribution >= 0.6 is 0 Å². The van der Waals surface area contributed by atoms with Crippen molar-refractivity contribution in [1.29, 1.82) is 0 Å². The average Bonchev–Trinajstić information content (AvgIpc) is 2.98. The van der Waals surface area contributed by atoms with Crippen LogP contribution < -0.4 is 0 Å². The molecule has 0 saturated carbocycles. The molecular formula is C18H18N2. The number of benzene rings is 2. The molecule has 0 amide bonds. The second-order valence-corrected chi connectivity index (χ2v) is 4.95. The predicted molar refractivity (Wildman–Crippen MR) is 82.5 cm³/mol. The third-order valence-corrected chi connectivity index (χ3v) is 3.44. The van der Waals surface area contributed by atoms with Crippen molar-refractivity contribution in [1.82, 2.24) is 9.97 Å². The third kappa shape index (κ3) is 3.15. The van der Waals surface area contributed by atoms with E-state index in [-0.39, 0.29) is 0 Å². The molecule has 2 heteroatoms. The first kappa shape index (κ1) is 12.7. The summed E-state index contributed by atoms with van der Waals surface area (Å²) in [4.78, 5) is 7.87. The van der Waals surface area contributed by atoms with E-state index >= 15 is 0 Å². The fraction of sp³-hybridized carbons (Fsp3) is 0.167. The van der Waals surface area contributed by atoms with E-state index in [1.807, 2.05) is 24.4 Å². The molecule has 0 radical (unpaired) electrons. The zero-order chi connectivity index (χ0) is 13.6. The molecule has 0 bridgehead atoms. The molecule has 100 valence electrons. The maximum Gasteiger partial charge on any atom is 0.106 e. The number of hydrogen-bond acceptors (Lipinski definition) is 1. The summed E-state index contributed by atoms with van der Waals surface area (Å²) in [5.74, 6) is 1.07. The van der Waals surface area contributed by atoms with Crippen LogP contribution in [0, 0.1) is 0 Å². The molecular weight excluding hydrogens is 244 g/mol. The number of nitrogens with one attached hydrogen (secondary N) is 1. The van der Waals surface area contributed by atoms with Crippen LogP contribution in [0.5, 0.6) is 0 Å². The van der Waals surface area contributed by atoms with Gasteiger partial charge in [-0.15, -0.1) is 0 Å². The van der Waals surface area contributed by atoms with Gasteiger partial charge in [0.1, 0.15) is 5.82 Å². The second kappa shape index (κ2) is 6.20. The molecule has 0 aliphatic heterocycles. The number of aryl methyl sites for hydroxylation is 2. The van der Waals surface area contributed by atoms with Crippen LogP contribution in [0.4, 0.5) is 0 Å². The standard InChI is InChI=1S/C18H18N2/c1-3-8-15(9-4-1)10-7-13-18-19-14-17(20-18)16-11-5-2-6-12-16/h1-6,8-9,11-12,14H,7,10,13H2,(H,19,20). The van der Waals surface area contributed by atoms with Gasteiger partial charge in [0.05, 0.1) is 11.9 Å². The van der Waals surface area contributed by atoms with Crippen molar-refractivity contribution in [3.63, 3.8) is 0 Å². The topological polar surface area (TPSA) is 28.7 Å². The lowest BCUT2D eigenvalue weighted by molar-refractivity contribution is 0.783. The largest absolute Gasteiger partial charge is 0.342 e. The molecule has 3 rings (SSSR count). The summed E-state index contributed by atoms with van der Waals surface area (Å²) in [5, 5.41) is 0. The van der Waals surface area contributed by atoms with Crippen molar-refractivity contribution in [3.8, 4) is 11.3 Å². The number of aromatic nitrogens is 2. The summed E-state index contributed by atoms with van der Waals surface area (Å²) >= 11 is 0. The average molecular weight is 262 g/mol. The van der Waals surface area contributed by atoms with Crippen molar-refractivity contribution in [3.05, 3.63) is 78.2 Å². The van der Waals surface area contributed by atoms with Crippen LogP contribution in [0.1, 0.15) is 17.8 Å². The van der Waals surface area contributed by atoms with Gasteiger partial charge in [0.25, 0.3) is 0 Å². The second-order valence-electron chi connectivity index (χ2n) is 4.95. The van der Waals surface area contributed by atoms with E-state index in [1.165, 1.54) is 11.1 Å². The van der Waals surface area contributed by atoms with Gasteiger partial charge in [-0.2, -0.15) is 0 Å². The number of rotatable bonds is 5. The molecule has 0 atom stereocenters. The number of imidazole rings is 1. The van der Waals surface area contributed by atoms with Crippen LogP contribution in [-0.2, 0) is 12.8 Å². The van der Waals surface area contributed by atoms with Gasteiger partial charge in [0, 0.05) is 6.42 Å². The summed E-state index contributed by atoms with van der Waals surface area (Å²) < 4.78 is 0. The van der Waals surface area contributed by atoms with E-state index in [0.717, 1.165) is 30.8 Å². The SMILES string of the molecule is c1ccc(CCCc2ncc(-c3ccccc3)[nH]2)cc1. The zero-order valence-electron chi connectivity index (χ0n) is 11.4. The van der Waals surface area contributed by atoms with Gasteiger partial charge in [0.2, 0.25) is 0 Å². The Morgan fingerprint density at radius 2 is 1.50 bits per heavy atom. The lowest BCUT2D eigenvalue weighted by Crippen LogP contribution is -1.92. The minimum absolute atomic E-state index is 0.988. The van der Waals surface area contributed by atoms with Crippen molar-refractivity contribution in [2.45, 2.75) is 19.3 Å². The number of hydrogen-bond donors (Lipinski definition) is 1. The molecule has 0 saturated heterocycles. The Kier molecular flexibility index (Phi) is 3.93. The van der Waals surface area contributed by atoms with Gasteiger partial charge in [-0.3, -0.25) is 0 Å². The van der Waals surface area contributed by atoms with E-state index in [0.29, 0.717) is 0 Å². The molecule has 1 N–H and O–H groups in total. The van der Waals surface area contributed by atoms with Crippen LogP contribution in [0.25, 0.3) is 11.3 Å². The molecule has 20 heavy (non-hydrogen) atoms. The lowest BCUT2D eigenvalue weighted by atomic mass is 10.1. The van der Waals surface area contributed by atoms with Gasteiger partial charge in [-0.1, -0.05) is 60.7 Å². The molecule has 2 nitrogen and oxygen atoms in total. The van der Waals surface area contributed by atoms with Gasteiger partial charge >= 0.3 is 0 Å². The van der Waals surface area contributed by atoms with Crippen LogP contribution in [0.15, 0.2) is 66.9 Å². The van der Waals surface area contributed by atoms with E-state index < -0.39 is 0 Å². The van der Waals surface area contributed by atoms with Crippen LogP contribution in [0.3, 0.4) is 0 Å². The monoisotopic (exact) mass is 262 g/mol. The Morgan fingerprint density at radius 3 is 2.25 bits per heavy atom. The first-order valence-electron chi connectivity index (χ1n) is 7.05. The highest BCUT2D eigenvalue weighted by Gasteiger charge is 2.02. The maximum atomic E-state index is 4.47. The molecule has 0 aliphatic carbocycles. The van der Waals surface area contributed by atoms with Crippen molar-refractivity contribution in [2.75, 3.05) is 0 Å². The van der Waals surface area contributed by atoms with E-state index in [1.54, 1.807) is 0 Å². The Labute approximate surface area is 119 Å². The van der Waals surface area contributed by atoms with Crippen LogP contribution in [0.2, 0.25) is 0 Å². The Balaban J connectivity index is 1.58. The van der Waals surface area contributed by atoms with E-state index in [9.17, 15) is 0 Å². The molecule has 0 spiro atoms. The van der Waals surface area contributed by atoms with Gasteiger partial charge < -0.3 is 4.98 Å². The van der Waals surface area contributed by atoms with Crippen molar-refractivity contribution < 1.29 is 0 Å². The normalized spacial score (nSPS) is 10.6. The summed E-state index contributed by atoms with van der Waals surface area (Å²) in [6.07, 6.45) is 5.13. The number of aromatic amines is 1. The molecule has 1 aromatic heterocycles. The molecule has 1 heterocycles. The Morgan fingerprint density at radius 1 is 0.800 bits per heavy atom. The van der Waals surface area contributed by atoms with E-state index in [4.69, 9.17) is 0 Å². The molecule has 2 aromatic carbocycles. The highest BCUT2D eigenvalue weighted by Crippen LogP contribution is 2.16. The first-order valence-corrected chi connectivity index (χ1v) is 7.05. The third-order valence-electron chi connectivity index (χ3n) is 3.44. The molecule has 0 unspecified atom stereocenters. The Hall–Kier alpha value is -2.35.